The lowest BCUT2D eigenvalue weighted by Gasteiger charge is -2.17. The highest BCUT2D eigenvalue weighted by Crippen LogP contribution is 2.44. The average Bonchev–Trinajstić information content (AvgIpc) is 2.74. The molecule has 1 heterocycles. The molecule has 6 heteroatoms. The number of hydrogen-bond donors (Lipinski definition) is 1. The third-order valence-electron chi connectivity index (χ3n) is 3.56. The summed E-state index contributed by atoms with van der Waals surface area (Å²) in [5.74, 6) is 0.920. The van der Waals surface area contributed by atoms with E-state index in [0.29, 0.717) is 21.7 Å². The Bertz CT molecular complexity index is 788. The number of benzodiazepines with no additional fused rings is 1. The van der Waals surface area contributed by atoms with Gasteiger partial charge in [-0.1, -0.05) is 30.3 Å². The second kappa shape index (κ2) is 6.42. The second-order valence-corrected chi connectivity index (χ2v) is 5.72. The van der Waals surface area contributed by atoms with Crippen molar-refractivity contribution in [1.82, 2.24) is 0 Å². The summed E-state index contributed by atoms with van der Waals surface area (Å²) in [5.41, 5.74) is 3.09. The Morgan fingerprint density at radius 1 is 1.17 bits per heavy atom. The van der Waals surface area contributed by atoms with Gasteiger partial charge in [-0.05, 0) is 22.0 Å². The van der Waals surface area contributed by atoms with Crippen molar-refractivity contribution in [2.75, 3.05) is 26.1 Å². The summed E-state index contributed by atoms with van der Waals surface area (Å²) in [4.78, 5) is 16.5. The first-order chi connectivity index (χ1) is 11.2. The van der Waals surface area contributed by atoms with Gasteiger partial charge in [0.05, 0.1) is 30.1 Å². The first kappa shape index (κ1) is 15.6. The van der Waals surface area contributed by atoms with Crippen LogP contribution in [-0.4, -0.2) is 32.4 Å². The Labute approximate surface area is 142 Å². The number of methoxy groups -OCH3 is 2. The van der Waals surface area contributed by atoms with Crippen LogP contribution in [0.25, 0.3) is 0 Å². The van der Waals surface area contributed by atoms with Gasteiger partial charge in [-0.3, -0.25) is 9.79 Å². The van der Waals surface area contributed by atoms with Gasteiger partial charge >= 0.3 is 0 Å². The van der Waals surface area contributed by atoms with Crippen LogP contribution in [0.15, 0.2) is 45.9 Å². The number of halogens is 1. The molecule has 0 aliphatic carbocycles. The van der Waals surface area contributed by atoms with E-state index in [0.717, 1.165) is 16.8 Å². The van der Waals surface area contributed by atoms with Crippen molar-refractivity contribution in [2.45, 2.75) is 0 Å². The van der Waals surface area contributed by atoms with E-state index in [1.165, 1.54) is 0 Å². The SMILES string of the molecule is COc1cc2c(c(Br)c1OC)NC(=O)CN=C2c1ccccc1. The summed E-state index contributed by atoms with van der Waals surface area (Å²) in [6.07, 6.45) is 0. The number of nitrogens with one attached hydrogen (secondary N) is 1. The molecule has 1 amide bonds. The summed E-state index contributed by atoms with van der Waals surface area (Å²) >= 11 is 3.51. The van der Waals surface area contributed by atoms with Gasteiger partial charge in [0.25, 0.3) is 0 Å². The third kappa shape index (κ3) is 2.82. The van der Waals surface area contributed by atoms with Crippen LogP contribution in [-0.2, 0) is 4.79 Å². The van der Waals surface area contributed by atoms with Crippen molar-refractivity contribution in [3.05, 3.63) is 52.0 Å². The standard InChI is InChI=1S/C17H15BrN2O3/c1-22-12-8-11-15(10-6-4-3-5-7-10)19-9-13(21)20-16(11)14(18)17(12)23-2/h3-8H,9H2,1-2H3,(H,20,21). The number of nitrogens with zero attached hydrogens (tertiary/aromatic N) is 1. The minimum atomic E-state index is -0.176. The van der Waals surface area contributed by atoms with Crippen LogP contribution in [0.5, 0.6) is 11.5 Å². The maximum Gasteiger partial charge on any atom is 0.246 e. The average molecular weight is 375 g/mol. The van der Waals surface area contributed by atoms with Gasteiger partial charge in [0, 0.05) is 11.1 Å². The Hall–Kier alpha value is -2.34. The highest BCUT2D eigenvalue weighted by atomic mass is 79.9. The van der Waals surface area contributed by atoms with Crippen molar-refractivity contribution in [2.24, 2.45) is 4.99 Å². The third-order valence-corrected chi connectivity index (χ3v) is 4.32. The number of rotatable bonds is 3. The van der Waals surface area contributed by atoms with Crippen LogP contribution in [0.2, 0.25) is 0 Å². The quantitative estimate of drug-likeness (QED) is 0.896. The molecule has 2 aromatic carbocycles. The largest absolute Gasteiger partial charge is 0.493 e. The van der Waals surface area contributed by atoms with E-state index in [9.17, 15) is 4.79 Å². The van der Waals surface area contributed by atoms with E-state index in [2.05, 4.69) is 26.2 Å². The van der Waals surface area contributed by atoms with Crippen LogP contribution in [0, 0.1) is 0 Å². The highest BCUT2D eigenvalue weighted by molar-refractivity contribution is 9.10. The molecule has 0 fully saturated rings. The molecule has 3 rings (SSSR count). The van der Waals surface area contributed by atoms with Gasteiger partial charge < -0.3 is 14.8 Å². The first-order valence-corrected chi connectivity index (χ1v) is 7.79. The molecule has 0 saturated carbocycles. The molecular weight excluding hydrogens is 360 g/mol. The van der Waals surface area contributed by atoms with E-state index < -0.39 is 0 Å². The number of aliphatic imine (C=N–C) groups is 1. The molecule has 5 nitrogen and oxygen atoms in total. The Morgan fingerprint density at radius 3 is 2.57 bits per heavy atom. The van der Waals surface area contributed by atoms with E-state index in [-0.39, 0.29) is 12.5 Å². The Kier molecular flexibility index (Phi) is 4.34. The lowest BCUT2D eigenvalue weighted by molar-refractivity contribution is -0.114. The smallest absolute Gasteiger partial charge is 0.246 e. The molecule has 1 aliphatic heterocycles. The van der Waals surface area contributed by atoms with Crippen LogP contribution >= 0.6 is 15.9 Å². The zero-order valence-corrected chi connectivity index (χ0v) is 14.3. The maximum absolute atomic E-state index is 12.0. The zero-order valence-electron chi connectivity index (χ0n) is 12.7. The molecule has 1 N–H and O–H groups in total. The number of benzene rings is 2. The predicted molar refractivity (Wildman–Crippen MR) is 92.8 cm³/mol. The summed E-state index contributed by atoms with van der Waals surface area (Å²) in [6.45, 7) is 0.0655. The van der Waals surface area contributed by atoms with Gasteiger partial charge in [0.15, 0.2) is 11.5 Å². The molecule has 0 spiro atoms. The van der Waals surface area contributed by atoms with Crippen molar-refractivity contribution in [3.8, 4) is 11.5 Å². The topological polar surface area (TPSA) is 59.9 Å². The predicted octanol–water partition coefficient (Wildman–Crippen LogP) is 3.26. The van der Waals surface area contributed by atoms with E-state index in [1.54, 1.807) is 14.2 Å². The Balaban J connectivity index is 2.28. The molecule has 0 aromatic heterocycles. The summed E-state index contributed by atoms with van der Waals surface area (Å²) in [7, 11) is 3.13. The maximum atomic E-state index is 12.0. The lowest BCUT2D eigenvalue weighted by atomic mass is 10.00. The molecule has 118 valence electrons. The molecule has 0 atom stereocenters. The summed E-state index contributed by atoms with van der Waals surface area (Å²) in [6, 6.07) is 11.6. The minimum Gasteiger partial charge on any atom is -0.493 e. The van der Waals surface area contributed by atoms with Gasteiger partial charge in [-0.25, -0.2) is 0 Å². The highest BCUT2D eigenvalue weighted by Gasteiger charge is 2.25. The molecule has 0 bridgehead atoms. The number of fused-ring (bicyclic) bond motifs is 1. The fourth-order valence-electron chi connectivity index (χ4n) is 2.52. The number of ether oxygens (including phenoxy) is 2. The molecule has 1 aliphatic rings. The molecule has 0 radical (unpaired) electrons. The van der Waals surface area contributed by atoms with Crippen LogP contribution in [0.3, 0.4) is 0 Å². The molecular formula is C17H15BrN2O3. The van der Waals surface area contributed by atoms with Crippen LogP contribution < -0.4 is 14.8 Å². The molecule has 0 unspecified atom stereocenters. The molecule has 0 saturated heterocycles. The van der Waals surface area contributed by atoms with Crippen LogP contribution in [0.1, 0.15) is 11.1 Å². The number of carbonyl (C=O) groups excluding carboxylic acids is 1. The lowest BCUT2D eigenvalue weighted by Crippen LogP contribution is -2.14. The molecule has 2 aromatic rings. The Morgan fingerprint density at radius 2 is 1.91 bits per heavy atom. The number of carbonyl (C=O) groups is 1. The van der Waals surface area contributed by atoms with Gasteiger partial charge in [0.1, 0.15) is 6.54 Å². The summed E-state index contributed by atoms with van der Waals surface area (Å²) in [5, 5.41) is 2.88. The van der Waals surface area contributed by atoms with Crippen molar-refractivity contribution in [3.63, 3.8) is 0 Å². The molecule has 23 heavy (non-hydrogen) atoms. The van der Waals surface area contributed by atoms with E-state index >= 15 is 0 Å². The van der Waals surface area contributed by atoms with E-state index in [4.69, 9.17) is 9.47 Å². The van der Waals surface area contributed by atoms with Crippen molar-refractivity contribution in [1.29, 1.82) is 0 Å². The number of amides is 1. The van der Waals surface area contributed by atoms with Crippen molar-refractivity contribution < 1.29 is 14.3 Å². The van der Waals surface area contributed by atoms with Crippen LogP contribution in [0.4, 0.5) is 5.69 Å². The number of anilines is 1. The second-order valence-electron chi connectivity index (χ2n) is 4.93. The fourth-order valence-corrected chi connectivity index (χ4v) is 3.19. The van der Waals surface area contributed by atoms with Gasteiger partial charge in [-0.2, -0.15) is 0 Å². The summed E-state index contributed by atoms with van der Waals surface area (Å²) < 4.78 is 11.4. The van der Waals surface area contributed by atoms with Gasteiger partial charge in [0.2, 0.25) is 5.91 Å². The fraction of sp³-hybridized carbons (Fsp3) is 0.176. The monoisotopic (exact) mass is 374 g/mol. The van der Waals surface area contributed by atoms with Crippen molar-refractivity contribution >= 4 is 33.2 Å². The first-order valence-electron chi connectivity index (χ1n) is 7.00. The minimum absolute atomic E-state index is 0.0655. The zero-order chi connectivity index (χ0) is 16.4. The number of hydrogen-bond acceptors (Lipinski definition) is 4. The van der Waals surface area contributed by atoms with Gasteiger partial charge in [-0.15, -0.1) is 0 Å². The van der Waals surface area contributed by atoms with E-state index in [1.807, 2.05) is 36.4 Å². The normalized spacial score (nSPS) is 13.5.